The van der Waals surface area contributed by atoms with Crippen molar-refractivity contribution in [2.24, 2.45) is 0 Å². The van der Waals surface area contributed by atoms with E-state index in [2.05, 4.69) is 0 Å². The molecule has 0 aromatic heterocycles. The van der Waals surface area contributed by atoms with Crippen molar-refractivity contribution >= 4 is 19.1 Å². The predicted octanol–water partition coefficient (Wildman–Crippen LogP) is 1.41. The van der Waals surface area contributed by atoms with E-state index in [9.17, 15) is 0 Å². The summed E-state index contributed by atoms with van der Waals surface area (Å²) < 4.78 is 9.89. The third-order valence-corrected chi connectivity index (χ3v) is 0.744. The molecule has 1 fully saturated rings. The van der Waals surface area contributed by atoms with Gasteiger partial charge in [0, 0.05) is 0 Å². The molecule has 1 heterocycles. The fraction of sp³-hybridized carbons (Fsp3) is 1.00. The zero-order chi connectivity index (χ0) is 6.95. The Balaban J connectivity index is 0.000000187. The van der Waals surface area contributed by atoms with Crippen molar-refractivity contribution in [2.75, 3.05) is 26.4 Å². The number of hydrogen-bond acceptors (Lipinski definition) is 2. The Morgan fingerprint density at radius 2 is 1.11 bits per heavy atom. The van der Waals surface area contributed by atoms with E-state index in [-0.39, 0.29) is 15.9 Å². The fourth-order valence-electron chi connectivity index (χ4n) is 0.440. The normalized spacial score (nSPS) is 18.4. The molecule has 1 aliphatic heterocycles. The molecule has 9 heavy (non-hydrogen) atoms. The molecular weight excluding hydrogens is 257 g/mol. The quantitative estimate of drug-likeness (QED) is 0.617. The van der Waals surface area contributed by atoms with Gasteiger partial charge in [-0.1, -0.05) is 0 Å². The van der Waals surface area contributed by atoms with E-state index in [0.717, 1.165) is 26.4 Å². The van der Waals surface area contributed by atoms with Crippen LogP contribution in [0, 0.1) is 0 Å². The number of ether oxygens (including phenoxy) is 2. The van der Waals surface area contributed by atoms with Gasteiger partial charge >= 0.3 is 35.0 Å². The fourth-order valence-corrected chi connectivity index (χ4v) is 0.440. The van der Waals surface area contributed by atoms with Crippen LogP contribution in [0.1, 0.15) is 0 Å². The molecule has 1 aliphatic rings. The van der Waals surface area contributed by atoms with Crippen molar-refractivity contribution in [1.29, 1.82) is 0 Å². The van der Waals surface area contributed by atoms with Crippen molar-refractivity contribution in [3.63, 3.8) is 0 Å². The first-order valence-electron chi connectivity index (χ1n) is 2.39. The van der Waals surface area contributed by atoms with Crippen molar-refractivity contribution in [3.05, 3.63) is 0 Å². The summed E-state index contributed by atoms with van der Waals surface area (Å²) in [7, 11) is 9.63. The van der Waals surface area contributed by atoms with E-state index >= 15 is 0 Å². The Morgan fingerprint density at radius 1 is 0.889 bits per heavy atom. The van der Waals surface area contributed by atoms with Crippen LogP contribution in [-0.2, 0) is 25.4 Å². The molecular formula is C4H8Cl2O2Pd. The van der Waals surface area contributed by atoms with Crippen LogP contribution < -0.4 is 0 Å². The van der Waals surface area contributed by atoms with Gasteiger partial charge in [0.05, 0.1) is 26.4 Å². The maximum atomic E-state index is 4.94. The second-order valence-corrected chi connectivity index (χ2v) is 3.63. The molecule has 5 heteroatoms. The second kappa shape index (κ2) is 9.16. The predicted molar refractivity (Wildman–Crippen MR) is 33.3 cm³/mol. The van der Waals surface area contributed by atoms with Gasteiger partial charge in [0.1, 0.15) is 0 Å². The van der Waals surface area contributed by atoms with Gasteiger partial charge in [-0.25, -0.2) is 0 Å². The monoisotopic (exact) mass is 264 g/mol. The van der Waals surface area contributed by atoms with E-state index in [1.165, 1.54) is 0 Å². The molecule has 0 aromatic carbocycles. The van der Waals surface area contributed by atoms with Crippen molar-refractivity contribution in [1.82, 2.24) is 0 Å². The molecule has 0 N–H and O–H groups in total. The summed E-state index contributed by atoms with van der Waals surface area (Å²) in [6.07, 6.45) is 0. The summed E-state index contributed by atoms with van der Waals surface area (Å²) in [4.78, 5) is 0. The summed E-state index contributed by atoms with van der Waals surface area (Å²) in [5.74, 6) is 0. The third-order valence-electron chi connectivity index (χ3n) is 0.744. The van der Waals surface area contributed by atoms with Crippen molar-refractivity contribution in [3.8, 4) is 0 Å². The van der Waals surface area contributed by atoms with E-state index in [4.69, 9.17) is 28.5 Å². The Morgan fingerprint density at radius 3 is 1.22 bits per heavy atom. The van der Waals surface area contributed by atoms with Crippen LogP contribution in [-0.4, -0.2) is 26.4 Å². The second-order valence-electron chi connectivity index (χ2n) is 1.27. The molecule has 0 amide bonds. The van der Waals surface area contributed by atoms with Gasteiger partial charge in [0.25, 0.3) is 0 Å². The van der Waals surface area contributed by atoms with Gasteiger partial charge in [-0.3, -0.25) is 0 Å². The molecule has 1 rings (SSSR count). The zero-order valence-electron chi connectivity index (χ0n) is 4.72. The third kappa shape index (κ3) is 9.16. The molecule has 0 spiro atoms. The Hall–Kier alpha value is 1.16. The van der Waals surface area contributed by atoms with Crippen LogP contribution in [0.2, 0.25) is 0 Å². The van der Waals surface area contributed by atoms with Crippen LogP contribution in [0.5, 0.6) is 0 Å². The molecule has 0 saturated carbocycles. The summed E-state index contributed by atoms with van der Waals surface area (Å²) in [5.41, 5.74) is 0. The molecule has 0 radical (unpaired) electrons. The van der Waals surface area contributed by atoms with Crippen molar-refractivity contribution in [2.45, 2.75) is 0 Å². The van der Waals surface area contributed by atoms with Gasteiger partial charge in [0.2, 0.25) is 0 Å². The van der Waals surface area contributed by atoms with E-state index in [1.54, 1.807) is 0 Å². The summed E-state index contributed by atoms with van der Waals surface area (Å²) >= 11 is -0.106. The van der Waals surface area contributed by atoms with E-state index in [0.29, 0.717) is 0 Å². The minimum atomic E-state index is -0.106. The minimum absolute atomic E-state index is 0.106. The number of halogens is 2. The van der Waals surface area contributed by atoms with Gasteiger partial charge in [-0.05, 0) is 0 Å². The molecule has 0 atom stereocenters. The Kier molecular flexibility index (Phi) is 10.3. The van der Waals surface area contributed by atoms with Crippen LogP contribution >= 0.6 is 19.1 Å². The van der Waals surface area contributed by atoms with Gasteiger partial charge in [-0.15, -0.1) is 0 Å². The molecule has 0 bridgehead atoms. The maximum absolute atomic E-state index is 4.94. The van der Waals surface area contributed by atoms with Gasteiger partial charge in [0.15, 0.2) is 0 Å². The van der Waals surface area contributed by atoms with E-state index < -0.39 is 0 Å². The molecule has 0 aliphatic carbocycles. The number of hydrogen-bond donors (Lipinski definition) is 0. The standard InChI is InChI=1S/C4H8O2.2ClH.Pd/c1-2-6-4-3-5-1;;;/h1-4H2;2*1H;/q;;;+2/p-2. The topological polar surface area (TPSA) is 18.5 Å². The summed E-state index contributed by atoms with van der Waals surface area (Å²) in [6, 6.07) is 0. The molecule has 2 nitrogen and oxygen atoms in total. The summed E-state index contributed by atoms with van der Waals surface area (Å²) in [5, 5.41) is 0. The Labute approximate surface area is 70.9 Å². The van der Waals surface area contributed by atoms with Crippen LogP contribution in [0.3, 0.4) is 0 Å². The first-order valence-corrected chi connectivity index (χ1v) is 6.40. The van der Waals surface area contributed by atoms with Crippen LogP contribution in [0.4, 0.5) is 0 Å². The van der Waals surface area contributed by atoms with Crippen molar-refractivity contribution < 1.29 is 25.4 Å². The average Bonchev–Trinajstić information content (AvgIpc) is 1.93. The molecule has 60 valence electrons. The van der Waals surface area contributed by atoms with E-state index in [1.807, 2.05) is 0 Å². The molecule has 1 saturated heterocycles. The van der Waals surface area contributed by atoms with Crippen LogP contribution in [0.15, 0.2) is 0 Å². The van der Waals surface area contributed by atoms with Gasteiger partial charge < -0.3 is 9.47 Å². The summed E-state index contributed by atoms with van der Waals surface area (Å²) in [6.45, 7) is 3.11. The SMILES string of the molecule is C1COCCO1.[Cl][Pd][Cl]. The number of rotatable bonds is 0. The average molecular weight is 265 g/mol. The molecule has 0 unspecified atom stereocenters. The van der Waals surface area contributed by atoms with Crippen LogP contribution in [0.25, 0.3) is 0 Å². The zero-order valence-corrected chi connectivity index (χ0v) is 7.78. The first-order chi connectivity index (χ1) is 4.41. The van der Waals surface area contributed by atoms with Gasteiger partial charge in [-0.2, -0.15) is 0 Å². The Bertz CT molecular complexity index is 40.3. The molecule has 0 aromatic rings. The first kappa shape index (κ1) is 10.2.